The van der Waals surface area contributed by atoms with Gasteiger partial charge in [0, 0.05) is 25.8 Å². The molecule has 1 heterocycles. The maximum absolute atomic E-state index is 12.3. The van der Waals surface area contributed by atoms with Gasteiger partial charge in [0.2, 0.25) is 0 Å². The van der Waals surface area contributed by atoms with Crippen molar-refractivity contribution < 1.29 is 14.7 Å². The van der Waals surface area contributed by atoms with Crippen molar-refractivity contribution in [3.63, 3.8) is 0 Å². The van der Waals surface area contributed by atoms with E-state index in [0.29, 0.717) is 13.1 Å². The summed E-state index contributed by atoms with van der Waals surface area (Å²) in [6, 6.07) is 2.81. The summed E-state index contributed by atoms with van der Waals surface area (Å²) in [5.74, 6) is -1.17. The second-order valence-electron chi connectivity index (χ2n) is 4.93. The molecule has 0 saturated heterocycles. The molecular weight excluding hydrogens is 272 g/mol. The number of aromatic carboxylic acids is 1. The van der Waals surface area contributed by atoms with Gasteiger partial charge >= 0.3 is 12.0 Å². The Hall–Kier alpha value is -2.15. The number of carbonyl (C=O) groups is 2. The third-order valence-electron chi connectivity index (χ3n) is 2.85. The summed E-state index contributed by atoms with van der Waals surface area (Å²) in [4.78, 5) is 30.8. The molecule has 0 aliphatic heterocycles. The van der Waals surface area contributed by atoms with E-state index in [1.807, 2.05) is 25.9 Å². The number of likely N-dealkylation sites (N-methyl/N-ethyl adjacent to an activating group) is 1. The molecule has 0 aromatic carbocycles. The topological polar surface area (TPSA) is 85.8 Å². The average molecular weight is 294 g/mol. The Morgan fingerprint density at radius 3 is 2.57 bits per heavy atom. The molecule has 0 radical (unpaired) electrons. The van der Waals surface area contributed by atoms with Crippen molar-refractivity contribution in [2.45, 2.75) is 13.3 Å². The van der Waals surface area contributed by atoms with E-state index in [0.717, 1.165) is 13.0 Å². The molecule has 0 bridgehead atoms. The van der Waals surface area contributed by atoms with Crippen LogP contribution in [0, 0.1) is 0 Å². The fourth-order valence-electron chi connectivity index (χ4n) is 1.78. The van der Waals surface area contributed by atoms with Crippen LogP contribution in [0.4, 0.5) is 10.5 Å². The molecule has 2 N–H and O–H groups in total. The molecule has 0 atom stereocenters. The minimum absolute atomic E-state index is 0.157. The second kappa shape index (κ2) is 8.21. The predicted molar refractivity (Wildman–Crippen MR) is 80.6 cm³/mol. The number of hydrogen-bond acceptors (Lipinski definition) is 4. The van der Waals surface area contributed by atoms with E-state index in [2.05, 4.69) is 10.3 Å². The number of carbonyl (C=O) groups excluding carboxylic acids is 1. The van der Waals surface area contributed by atoms with Crippen molar-refractivity contribution in [3.05, 3.63) is 24.0 Å². The molecule has 0 aliphatic carbocycles. The Bertz CT molecular complexity index is 491. The second-order valence-corrected chi connectivity index (χ2v) is 4.93. The van der Waals surface area contributed by atoms with Crippen molar-refractivity contribution in [1.82, 2.24) is 14.8 Å². The standard InChI is InChI=1S/C14H22N4O3/c1-4-8-18(10-9-17(2)3)14(21)16-11-6-5-7-15-12(11)13(19)20/h5-7H,4,8-10H2,1-3H3,(H,16,21)(H,19,20). The van der Waals surface area contributed by atoms with Crippen LogP contribution in [0.25, 0.3) is 0 Å². The zero-order valence-corrected chi connectivity index (χ0v) is 12.7. The lowest BCUT2D eigenvalue weighted by molar-refractivity contribution is 0.0691. The van der Waals surface area contributed by atoms with Gasteiger partial charge in [0.05, 0.1) is 5.69 Å². The first kappa shape index (κ1) is 16.9. The highest BCUT2D eigenvalue weighted by atomic mass is 16.4. The number of carboxylic acid groups (broad SMARTS) is 1. The number of amides is 2. The molecule has 1 aromatic heterocycles. The molecule has 1 aromatic rings. The number of rotatable bonds is 7. The predicted octanol–water partition coefficient (Wildman–Crippen LogP) is 1.59. The summed E-state index contributed by atoms with van der Waals surface area (Å²) < 4.78 is 0. The van der Waals surface area contributed by atoms with Crippen LogP contribution in [-0.2, 0) is 0 Å². The normalized spacial score (nSPS) is 10.5. The number of urea groups is 1. The van der Waals surface area contributed by atoms with Gasteiger partial charge in [-0.1, -0.05) is 6.92 Å². The quantitative estimate of drug-likeness (QED) is 0.797. The highest BCUT2D eigenvalue weighted by Crippen LogP contribution is 2.13. The first-order valence-corrected chi connectivity index (χ1v) is 6.84. The van der Waals surface area contributed by atoms with Crippen molar-refractivity contribution >= 4 is 17.7 Å². The number of pyridine rings is 1. The molecule has 0 unspecified atom stereocenters. The molecule has 0 saturated carbocycles. The number of anilines is 1. The summed E-state index contributed by atoms with van der Waals surface area (Å²) in [6.45, 7) is 3.92. The molecule has 0 spiro atoms. The van der Waals surface area contributed by atoms with Crippen LogP contribution in [0.2, 0.25) is 0 Å². The molecular formula is C14H22N4O3. The third kappa shape index (κ3) is 5.39. The van der Waals surface area contributed by atoms with E-state index < -0.39 is 5.97 Å². The molecule has 21 heavy (non-hydrogen) atoms. The molecule has 7 nitrogen and oxygen atoms in total. The van der Waals surface area contributed by atoms with Crippen LogP contribution in [0.5, 0.6) is 0 Å². The lowest BCUT2D eigenvalue weighted by Crippen LogP contribution is -2.40. The van der Waals surface area contributed by atoms with E-state index >= 15 is 0 Å². The monoisotopic (exact) mass is 294 g/mol. The SMILES string of the molecule is CCCN(CCN(C)C)C(=O)Nc1cccnc1C(=O)O. The number of aromatic nitrogens is 1. The number of nitrogens with zero attached hydrogens (tertiary/aromatic N) is 3. The van der Waals surface area contributed by atoms with Gasteiger partial charge in [-0.2, -0.15) is 0 Å². The maximum Gasteiger partial charge on any atom is 0.356 e. The highest BCUT2D eigenvalue weighted by molar-refractivity contribution is 5.98. The first-order valence-electron chi connectivity index (χ1n) is 6.84. The Morgan fingerprint density at radius 1 is 1.29 bits per heavy atom. The summed E-state index contributed by atoms with van der Waals surface area (Å²) in [7, 11) is 3.87. The van der Waals surface area contributed by atoms with Crippen molar-refractivity contribution in [1.29, 1.82) is 0 Å². The fraction of sp³-hybridized carbons (Fsp3) is 0.500. The van der Waals surface area contributed by atoms with Gasteiger partial charge in [0.15, 0.2) is 5.69 Å². The highest BCUT2D eigenvalue weighted by Gasteiger charge is 2.17. The molecule has 0 fully saturated rings. The zero-order chi connectivity index (χ0) is 15.8. The molecule has 1 rings (SSSR count). The molecule has 2 amide bonds. The van der Waals surface area contributed by atoms with Gasteiger partial charge in [-0.05, 0) is 32.6 Å². The van der Waals surface area contributed by atoms with Gasteiger partial charge in [0.1, 0.15) is 0 Å². The fourth-order valence-corrected chi connectivity index (χ4v) is 1.78. The largest absolute Gasteiger partial charge is 0.476 e. The van der Waals surface area contributed by atoms with Crippen LogP contribution < -0.4 is 5.32 Å². The number of hydrogen-bond donors (Lipinski definition) is 2. The molecule has 0 aliphatic rings. The number of carboxylic acids is 1. The lowest BCUT2D eigenvalue weighted by Gasteiger charge is -2.24. The Kier molecular flexibility index (Phi) is 6.61. The van der Waals surface area contributed by atoms with Crippen LogP contribution in [-0.4, -0.2) is 65.6 Å². The van der Waals surface area contributed by atoms with Crippen molar-refractivity contribution in [2.75, 3.05) is 39.0 Å². The zero-order valence-electron chi connectivity index (χ0n) is 12.7. The third-order valence-corrected chi connectivity index (χ3v) is 2.85. The first-order chi connectivity index (χ1) is 9.95. The molecule has 116 valence electrons. The van der Waals surface area contributed by atoms with Crippen LogP contribution >= 0.6 is 0 Å². The van der Waals surface area contributed by atoms with Crippen LogP contribution in [0.1, 0.15) is 23.8 Å². The van der Waals surface area contributed by atoms with Gasteiger partial charge < -0.3 is 20.2 Å². The summed E-state index contributed by atoms with van der Waals surface area (Å²) in [5, 5.41) is 11.7. The smallest absolute Gasteiger partial charge is 0.356 e. The maximum atomic E-state index is 12.3. The summed E-state index contributed by atoms with van der Waals surface area (Å²) >= 11 is 0. The van der Waals surface area contributed by atoms with E-state index in [1.54, 1.807) is 11.0 Å². The van der Waals surface area contributed by atoms with E-state index in [9.17, 15) is 9.59 Å². The van der Waals surface area contributed by atoms with Crippen molar-refractivity contribution in [2.24, 2.45) is 0 Å². The van der Waals surface area contributed by atoms with Gasteiger partial charge in [-0.3, -0.25) is 0 Å². The van der Waals surface area contributed by atoms with Gasteiger partial charge in [-0.15, -0.1) is 0 Å². The van der Waals surface area contributed by atoms with E-state index in [4.69, 9.17) is 5.11 Å². The van der Waals surface area contributed by atoms with Gasteiger partial charge in [-0.25, -0.2) is 14.6 Å². The summed E-state index contributed by atoms with van der Waals surface area (Å²) in [5.41, 5.74) is 0.0517. The summed E-state index contributed by atoms with van der Waals surface area (Å²) in [6.07, 6.45) is 2.22. The average Bonchev–Trinajstić information content (AvgIpc) is 2.43. The Morgan fingerprint density at radius 2 is 2.00 bits per heavy atom. The van der Waals surface area contributed by atoms with Crippen LogP contribution in [0.3, 0.4) is 0 Å². The van der Waals surface area contributed by atoms with Crippen molar-refractivity contribution in [3.8, 4) is 0 Å². The molecule has 7 heteroatoms. The van der Waals surface area contributed by atoms with E-state index in [-0.39, 0.29) is 17.4 Å². The Labute approximate surface area is 124 Å². The van der Waals surface area contributed by atoms with Crippen LogP contribution in [0.15, 0.2) is 18.3 Å². The van der Waals surface area contributed by atoms with Gasteiger partial charge in [0.25, 0.3) is 0 Å². The minimum Gasteiger partial charge on any atom is -0.476 e. The Balaban J connectivity index is 2.79. The number of nitrogens with one attached hydrogen (secondary N) is 1. The minimum atomic E-state index is -1.17. The van der Waals surface area contributed by atoms with E-state index in [1.165, 1.54) is 12.3 Å². The lowest BCUT2D eigenvalue weighted by atomic mass is 10.3.